The van der Waals surface area contributed by atoms with Gasteiger partial charge in [-0.25, -0.2) is 0 Å². The number of rotatable bonds is 2. The summed E-state index contributed by atoms with van der Waals surface area (Å²) in [7, 11) is 0. The highest BCUT2D eigenvalue weighted by atomic mass is 32.2. The van der Waals surface area contributed by atoms with Crippen LogP contribution in [0.4, 0.5) is 5.69 Å². The molecule has 0 aliphatic carbocycles. The van der Waals surface area contributed by atoms with Gasteiger partial charge in [-0.3, -0.25) is 0 Å². The number of hydrogen-bond acceptors (Lipinski definition) is 6. The Morgan fingerprint density at radius 2 is 2.26 bits per heavy atom. The highest BCUT2D eigenvalue weighted by molar-refractivity contribution is 8.06. The summed E-state index contributed by atoms with van der Waals surface area (Å²) in [6, 6.07) is 5.71. The topological polar surface area (TPSA) is 64.9 Å². The molecule has 1 aliphatic heterocycles. The number of nitrogens with two attached hydrogens (primary N) is 1. The minimum Gasteiger partial charge on any atom is -0.399 e. The van der Waals surface area contributed by atoms with Crippen molar-refractivity contribution in [3.8, 4) is 11.5 Å². The van der Waals surface area contributed by atoms with Crippen molar-refractivity contribution in [2.24, 2.45) is 0 Å². The molecule has 1 saturated heterocycles. The first-order chi connectivity index (χ1) is 9.24. The van der Waals surface area contributed by atoms with Crippen molar-refractivity contribution in [2.45, 2.75) is 12.2 Å². The van der Waals surface area contributed by atoms with E-state index in [2.05, 4.69) is 10.1 Å². The van der Waals surface area contributed by atoms with Crippen LogP contribution >= 0.6 is 23.5 Å². The summed E-state index contributed by atoms with van der Waals surface area (Å²) in [5.74, 6) is 4.82. The van der Waals surface area contributed by atoms with Crippen LogP contribution in [0.5, 0.6) is 0 Å². The van der Waals surface area contributed by atoms with Gasteiger partial charge in [-0.1, -0.05) is 5.16 Å². The summed E-state index contributed by atoms with van der Waals surface area (Å²) in [5, 5.41) is 4.48. The molecule has 1 atom stereocenters. The van der Waals surface area contributed by atoms with Gasteiger partial charge < -0.3 is 10.3 Å². The van der Waals surface area contributed by atoms with Gasteiger partial charge in [0.05, 0.1) is 5.25 Å². The number of benzene rings is 1. The number of nitrogens with zero attached hydrogens (tertiary/aromatic N) is 2. The molecular weight excluding hydrogens is 278 g/mol. The molecule has 4 nitrogen and oxygen atoms in total. The molecule has 1 fully saturated rings. The van der Waals surface area contributed by atoms with Crippen LogP contribution in [-0.2, 0) is 0 Å². The van der Waals surface area contributed by atoms with Crippen molar-refractivity contribution in [1.29, 1.82) is 0 Å². The van der Waals surface area contributed by atoms with E-state index < -0.39 is 0 Å². The van der Waals surface area contributed by atoms with Crippen molar-refractivity contribution in [3.05, 3.63) is 29.6 Å². The molecule has 1 aromatic heterocycles. The Balaban J connectivity index is 1.87. The lowest BCUT2D eigenvalue weighted by Crippen LogP contribution is -2.07. The molecule has 19 heavy (non-hydrogen) atoms. The first kappa shape index (κ1) is 12.9. The van der Waals surface area contributed by atoms with E-state index in [1.807, 2.05) is 48.6 Å². The van der Waals surface area contributed by atoms with Crippen LogP contribution in [0.2, 0.25) is 0 Å². The molecule has 1 aromatic carbocycles. The number of thioether (sulfide) groups is 2. The van der Waals surface area contributed by atoms with Crippen molar-refractivity contribution >= 4 is 29.2 Å². The van der Waals surface area contributed by atoms with Crippen molar-refractivity contribution in [3.63, 3.8) is 0 Å². The molecule has 1 unspecified atom stereocenters. The van der Waals surface area contributed by atoms with Gasteiger partial charge in [0.1, 0.15) is 0 Å². The standard InChI is InChI=1S/C13H15N3OS2/c1-8-6-9(14)2-3-10(8)13-15-12(16-17-13)11-7-18-4-5-19-11/h2-3,6,11H,4-5,7,14H2,1H3. The molecule has 2 heterocycles. The van der Waals surface area contributed by atoms with Crippen LogP contribution in [0.1, 0.15) is 16.6 Å². The Bertz CT molecular complexity index is 579. The van der Waals surface area contributed by atoms with Crippen LogP contribution in [-0.4, -0.2) is 27.4 Å². The molecule has 3 rings (SSSR count). The fraction of sp³-hybridized carbons (Fsp3) is 0.385. The summed E-state index contributed by atoms with van der Waals surface area (Å²) in [4.78, 5) is 4.54. The predicted molar refractivity (Wildman–Crippen MR) is 81.4 cm³/mol. The second kappa shape index (κ2) is 5.46. The Kier molecular flexibility index (Phi) is 3.70. The lowest BCUT2D eigenvalue weighted by atomic mass is 10.1. The van der Waals surface area contributed by atoms with Gasteiger partial charge in [-0.2, -0.15) is 16.7 Å². The van der Waals surface area contributed by atoms with Gasteiger partial charge in [-0.15, -0.1) is 11.8 Å². The van der Waals surface area contributed by atoms with E-state index in [9.17, 15) is 0 Å². The number of hydrogen-bond donors (Lipinski definition) is 1. The largest absolute Gasteiger partial charge is 0.399 e. The highest BCUT2D eigenvalue weighted by Crippen LogP contribution is 2.36. The average molecular weight is 293 g/mol. The molecule has 0 radical (unpaired) electrons. The minimum absolute atomic E-state index is 0.352. The molecule has 0 amide bonds. The normalized spacial score (nSPS) is 19.5. The number of nitrogen functional groups attached to an aromatic ring is 1. The summed E-state index contributed by atoms with van der Waals surface area (Å²) in [6.07, 6.45) is 0. The van der Waals surface area contributed by atoms with E-state index in [0.29, 0.717) is 11.1 Å². The molecule has 2 N–H and O–H groups in total. The molecule has 0 saturated carbocycles. The first-order valence-electron chi connectivity index (χ1n) is 6.13. The molecule has 0 bridgehead atoms. The summed E-state index contributed by atoms with van der Waals surface area (Å²) in [6.45, 7) is 2.00. The Labute approximate surface area is 120 Å². The van der Waals surface area contributed by atoms with Gasteiger partial charge in [0.25, 0.3) is 5.89 Å². The third-order valence-electron chi connectivity index (χ3n) is 3.03. The Hall–Kier alpha value is -1.14. The van der Waals surface area contributed by atoms with Crippen LogP contribution < -0.4 is 5.73 Å². The van der Waals surface area contributed by atoms with Gasteiger partial charge in [0, 0.05) is 28.5 Å². The second-order valence-electron chi connectivity index (χ2n) is 4.47. The van der Waals surface area contributed by atoms with Crippen molar-refractivity contribution in [1.82, 2.24) is 10.1 Å². The lowest BCUT2D eigenvalue weighted by molar-refractivity contribution is 0.423. The average Bonchev–Trinajstić information content (AvgIpc) is 2.89. The zero-order valence-electron chi connectivity index (χ0n) is 10.6. The van der Waals surface area contributed by atoms with E-state index in [1.54, 1.807) is 0 Å². The Morgan fingerprint density at radius 1 is 1.37 bits per heavy atom. The molecule has 100 valence electrons. The quantitative estimate of drug-likeness (QED) is 0.858. The first-order valence-corrected chi connectivity index (χ1v) is 8.34. The zero-order valence-corrected chi connectivity index (χ0v) is 12.3. The van der Waals surface area contributed by atoms with Gasteiger partial charge >= 0.3 is 0 Å². The molecule has 6 heteroatoms. The zero-order chi connectivity index (χ0) is 13.2. The number of aryl methyl sites for hydroxylation is 1. The summed E-state index contributed by atoms with van der Waals surface area (Å²) < 4.78 is 5.40. The van der Waals surface area contributed by atoms with E-state index in [1.165, 1.54) is 5.75 Å². The smallest absolute Gasteiger partial charge is 0.258 e. The van der Waals surface area contributed by atoms with Crippen molar-refractivity contribution in [2.75, 3.05) is 23.0 Å². The molecule has 1 aliphatic rings. The maximum absolute atomic E-state index is 5.75. The molecular formula is C13H15N3OS2. The number of anilines is 1. The summed E-state index contributed by atoms with van der Waals surface area (Å²) >= 11 is 3.85. The fourth-order valence-corrected chi connectivity index (χ4v) is 4.63. The maximum Gasteiger partial charge on any atom is 0.258 e. The Morgan fingerprint density at radius 3 is 3.00 bits per heavy atom. The van der Waals surface area contributed by atoms with Crippen molar-refractivity contribution < 1.29 is 4.52 Å². The van der Waals surface area contributed by atoms with E-state index >= 15 is 0 Å². The van der Waals surface area contributed by atoms with Crippen LogP contribution in [0.15, 0.2) is 22.7 Å². The summed E-state index contributed by atoms with van der Waals surface area (Å²) in [5.41, 5.74) is 8.52. The van der Waals surface area contributed by atoms with Crippen LogP contribution in [0.3, 0.4) is 0 Å². The number of aromatic nitrogens is 2. The lowest BCUT2D eigenvalue weighted by Gasteiger charge is -2.16. The van der Waals surface area contributed by atoms with Gasteiger partial charge in [0.2, 0.25) is 0 Å². The second-order valence-corrected chi connectivity index (χ2v) is 6.93. The monoisotopic (exact) mass is 293 g/mol. The van der Waals surface area contributed by atoms with Gasteiger partial charge in [0.15, 0.2) is 5.82 Å². The molecule has 2 aromatic rings. The SMILES string of the molecule is Cc1cc(N)ccc1-c1nc(C2CSCCS2)no1. The van der Waals surface area contributed by atoms with Gasteiger partial charge in [-0.05, 0) is 30.7 Å². The van der Waals surface area contributed by atoms with E-state index in [-0.39, 0.29) is 0 Å². The van der Waals surface area contributed by atoms with E-state index in [0.717, 1.165) is 34.1 Å². The fourth-order valence-electron chi connectivity index (χ4n) is 2.04. The van der Waals surface area contributed by atoms with E-state index in [4.69, 9.17) is 10.3 Å². The third-order valence-corrected chi connectivity index (χ3v) is 5.78. The molecule has 0 spiro atoms. The van der Waals surface area contributed by atoms with Crippen LogP contribution in [0.25, 0.3) is 11.5 Å². The van der Waals surface area contributed by atoms with Crippen LogP contribution in [0, 0.1) is 6.92 Å². The maximum atomic E-state index is 5.75. The highest BCUT2D eigenvalue weighted by Gasteiger charge is 2.22. The minimum atomic E-state index is 0.352. The third kappa shape index (κ3) is 2.74. The predicted octanol–water partition coefficient (Wildman–Crippen LogP) is 3.15.